The number of anilines is 2. The molecule has 0 saturated carbocycles. The molecule has 0 atom stereocenters. The number of unbranched alkanes of at least 4 members (excludes halogenated alkanes) is 1. The van der Waals surface area contributed by atoms with E-state index >= 15 is 0 Å². The van der Waals surface area contributed by atoms with Gasteiger partial charge in [0, 0.05) is 13.1 Å². The van der Waals surface area contributed by atoms with Gasteiger partial charge in [-0.3, -0.25) is 0 Å². The average Bonchev–Trinajstić information content (AvgIpc) is 3.18. The van der Waals surface area contributed by atoms with E-state index < -0.39 is 0 Å². The molecule has 0 aromatic carbocycles. The fraction of sp³-hybridized carbons (Fsp3) is 0.286. The van der Waals surface area contributed by atoms with Gasteiger partial charge in [-0.15, -0.1) is 0 Å². The zero-order chi connectivity index (χ0) is 16.5. The average molecular weight is 324 g/mol. The number of rotatable bonds is 5. The molecule has 4 aromatic rings. The Bertz CT molecular complexity index is 919. The predicted molar refractivity (Wildman–Crippen MR) is 88.7 cm³/mol. The van der Waals surface area contributed by atoms with Gasteiger partial charge in [0.1, 0.15) is 23.7 Å². The Kier molecular flexibility index (Phi) is 3.41. The molecule has 0 radical (unpaired) electrons. The van der Waals surface area contributed by atoms with E-state index in [0.717, 1.165) is 37.2 Å². The lowest BCUT2D eigenvalue weighted by Crippen LogP contribution is -2.03. The van der Waals surface area contributed by atoms with Crippen LogP contribution in [0.5, 0.6) is 0 Å². The zero-order valence-corrected chi connectivity index (χ0v) is 12.9. The smallest absolute Gasteiger partial charge is 0.165 e. The molecule has 10 heteroatoms. The third-order valence-electron chi connectivity index (χ3n) is 3.91. The summed E-state index contributed by atoms with van der Waals surface area (Å²) >= 11 is 0. The molecule has 0 aliphatic carbocycles. The topological polar surface area (TPSA) is 139 Å². The molecule has 10 nitrogen and oxygen atoms in total. The van der Waals surface area contributed by atoms with E-state index in [-0.39, 0.29) is 0 Å². The lowest BCUT2D eigenvalue weighted by molar-refractivity contribution is 0.562. The van der Waals surface area contributed by atoms with Crippen molar-refractivity contribution in [1.82, 2.24) is 39.0 Å². The van der Waals surface area contributed by atoms with Crippen LogP contribution in [0.1, 0.15) is 12.8 Å². The van der Waals surface area contributed by atoms with Gasteiger partial charge >= 0.3 is 0 Å². The minimum Gasteiger partial charge on any atom is -0.382 e. The van der Waals surface area contributed by atoms with E-state index in [0.29, 0.717) is 22.7 Å². The molecular weight excluding hydrogens is 308 g/mol. The van der Waals surface area contributed by atoms with E-state index in [1.807, 2.05) is 9.13 Å². The van der Waals surface area contributed by atoms with E-state index in [1.165, 1.54) is 12.7 Å². The lowest BCUT2D eigenvalue weighted by atomic mass is 10.3. The summed E-state index contributed by atoms with van der Waals surface area (Å²) in [4.78, 5) is 24.9. The first-order valence-electron chi connectivity index (χ1n) is 7.56. The number of nitrogen functional groups attached to an aromatic ring is 2. The molecule has 122 valence electrons. The van der Waals surface area contributed by atoms with Gasteiger partial charge in [-0.1, -0.05) is 0 Å². The van der Waals surface area contributed by atoms with Crippen molar-refractivity contribution in [2.24, 2.45) is 0 Å². The Morgan fingerprint density at radius 3 is 1.58 bits per heavy atom. The standard InChI is InChI=1S/C14H16N10/c15-11-9-13(19-5-17-11)23(7-21-9)3-1-2-4-24-8-22-10-12(16)18-6-20-14(10)24/h5-8H,1-4H2,(H2,15,17,19)(H2,16,18,20). The maximum absolute atomic E-state index is 5.79. The SMILES string of the molecule is Nc1ncnc2c1ncn2CCCCn1cnc2c(N)ncnc21. The summed E-state index contributed by atoms with van der Waals surface area (Å²) in [6.07, 6.45) is 8.31. The number of aryl methyl sites for hydroxylation is 2. The van der Waals surface area contributed by atoms with Gasteiger partial charge in [-0.05, 0) is 12.8 Å². The van der Waals surface area contributed by atoms with Crippen molar-refractivity contribution < 1.29 is 0 Å². The maximum Gasteiger partial charge on any atom is 0.165 e. The molecule has 0 unspecified atom stereocenters. The predicted octanol–water partition coefficient (Wildman–Crippen LogP) is 0.611. The van der Waals surface area contributed by atoms with Crippen molar-refractivity contribution >= 4 is 34.0 Å². The number of nitrogens with two attached hydrogens (primary N) is 2. The highest BCUT2D eigenvalue weighted by molar-refractivity contribution is 5.81. The highest BCUT2D eigenvalue weighted by atomic mass is 15.1. The van der Waals surface area contributed by atoms with Crippen LogP contribution in [0, 0.1) is 0 Å². The monoisotopic (exact) mass is 324 g/mol. The largest absolute Gasteiger partial charge is 0.382 e. The highest BCUT2D eigenvalue weighted by Crippen LogP contribution is 2.16. The van der Waals surface area contributed by atoms with Gasteiger partial charge in [0.25, 0.3) is 0 Å². The second kappa shape index (κ2) is 5.72. The first kappa shape index (κ1) is 14.3. The Balaban J connectivity index is 1.42. The summed E-state index contributed by atoms with van der Waals surface area (Å²) in [5, 5.41) is 0. The second-order valence-electron chi connectivity index (χ2n) is 5.45. The Labute approximate surface area is 136 Å². The molecule has 0 fully saturated rings. The summed E-state index contributed by atoms with van der Waals surface area (Å²) < 4.78 is 3.97. The summed E-state index contributed by atoms with van der Waals surface area (Å²) in [5.74, 6) is 0.807. The van der Waals surface area contributed by atoms with E-state index in [9.17, 15) is 0 Å². The molecule has 4 heterocycles. The Morgan fingerprint density at radius 2 is 1.12 bits per heavy atom. The molecule has 0 bridgehead atoms. The number of hydrogen-bond acceptors (Lipinski definition) is 8. The summed E-state index contributed by atoms with van der Waals surface area (Å²) in [5.41, 5.74) is 14.4. The number of nitrogens with zero attached hydrogens (tertiary/aromatic N) is 8. The van der Waals surface area contributed by atoms with Crippen LogP contribution >= 0.6 is 0 Å². The molecule has 0 saturated heterocycles. The van der Waals surface area contributed by atoms with Crippen molar-refractivity contribution in [3.63, 3.8) is 0 Å². The van der Waals surface area contributed by atoms with Crippen LogP contribution in [0.15, 0.2) is 25.3 Å². The molecule has 0 aliphatic rings. The van der Waals surface area contributed by atoms with Crippen molar-refractivity contribution in [2.75, 3.05) is 11.5 Å². The van der Waals surface area contributed by atoms with Crippen LogP contribution < -0.4 is 11.5 Å². The molecular formula is C14H16N10. The van der Waals surface area contributed by atoms with E-state index in [1.54, 1.807) is 12.7 Å². The van der Waals surface area contributed by atoms with Crippen LogP contribution in [0.25, 0.3) is 22.3 Å². The molecule has 0 aliphatic heterocycles. The minimum atomic E-state index is 0.404. The normalized spacial score (nSPS) is 11.5. The van der Waals surface area contributed by atoms with Crippen LogP contribution in [0.2, 0.25) is 0 Å². The quantitative estimate of drug-likeness (QED) is 0.509. The third kappa shape index (κ3) is 2.37. The van der Waals surface area contributed by atoms with Crippen molar-refractivity contribution in [1.29, 1.82) is 0 Å². The van der Waals surface area contributed by atoms with Gasteiger partial charge < -0.3 is 20.6 Å². The Hall–Kier alpha value is -3.30. The number of imidazole rings is 2. The molecule has 0 spiro atoms. The van der Waals surface area contributed by atoms with Gasteiger partial charge in [-0.25, -0.2) is 29.9 Å². The third-order valence-corrected chi connectivity index (χ3v) is 3.91. The molecule has 4 aromatic heterocycles. The second-order valence-corrected chi connectivity index (χ2v) is 5.45. The summed E-state index contributed by atoms with van der Waals surface area (Å²) in [7, 11) is 0. The van der Waals surface area contributed by atoms with E-state index in [2.05, 4.69) is 29.9 Å². The van der Waals surface area contributed by atoms with Gasteiger partial charge in [0.15, 0.2) is 22.9 Å². The van der Waals surface area contributed by atoms with Crippen molar-refractivity contribution in [3.05, 3.63) is 25.3 Å². The molecule has 24 heavy (non-hydrogen) atoms. The van der Waals surface area contributed by atoms with Gasteiger partial charge in [0.05, 0.1) is 12.7 Å². The molecule has 4 N–H and O–H groups in total. The first-order chi connectivity index (χ1) is 11.7. The molecule has 4 rings (SSSR count). The molecule has 0 amide bonds. The highest BCUT2D eigenvalue weighted by Gasteiger charge is 2.09. The first-order valence-corrected chi connectivity index (χ1v) is 7.56. The summed E-state index contributed by atoms with van der Waals surface area (Å²) in [6.45, 7) is 1.60. The fourth-order valence-electron chi connectivity index (χ4n) is 2.69. The van der Waals surface area contributed by atoms with Crippen LogP contribution in [-0.4, -0.2) is 39.0 Å². The number of fused-ring (bicyclic) bond motifs is 2. The van der Waals surface area contributed by atoms with Crippen LogP contribution in [-0.2, 0) is 13.1 Å². The van der Waals surface area contributed by atoms with Crippen molar-refractivity contribution in [3.8, 4) is 0 Å². The van der Waals surface area contributed by atoms with Gasteiger partial charge in [-0.2, -0.15) is 0 Å². The fourth-order valence-corrected chi connectivity index (χ4v) is 2.69. The van der Waals surface area contributed by atoms with E-state index in [4.69, 9.17) is 11.5 Å². The number of aromatic nitrogens is 8. The van der Waals surface area contributed by atoms with Crippen LogP contribution in [0.3, 0.4) is 0 Å². The summed E-state index contributed by atoms with van der Waals surface area (Å²) in [6, 6.07) is 0. The zero-order valence-electron chi connectivity index (χ0n) is 12.9. The minimum absolute atomic E-state index is 0.404. The van der Waals surface area contributed by atoms with Gasteiger partial charge in [0.2, 0.25) is 0 Å². The van der Waals surface area contributed by atoms with Crippen molar-refractivity contribution in [2.45, 2.75) is 25.9 Å². The number of hydrogen-bond donors (Lipinski definition) is 2. The Morgan fingerprint density at radius 1 is 0.667 bits per heavy atom. The maximum atomic E-state index is 5.79. The van der Waals surface area contributed by atoms with Crippen LogP contribution in [0.4, 0.5) is 11.6 Å². The lowest BCUT2D eigenvalue weighted by Gasteiger charge is -2.05.